The molecule has 1 amide bonds. The number of esters is 1. The lowest BCUT2D eigenvalue weighted by atomic mass is 9.61. The smallest absolute Gasteiger partial charge is 0.410 e. The highest BCUT2D eigenvalue weighted by molar-refractivity contribution is 9.10. The summed E-state index contributed by atoms with van der Waals surface area (Å²) >= 11 is 3.69. The maximum Gasteiger partial charge on any atom is 0.410 e. The van der Waals surface area contributed by atoms with Gasteiger partial charge in [0.25, 0.3) is 0 Å². The molecular formula is C23H28BrN3O4. The molecule has 2 fully saturated rings. The van der Waals surface area contributed by atoms with Gasteiger partial charge < -0.3 is 14.4 Å². The number of ether oxygens (including phenoxy) is 2. The zero-order chi connectivity index (χ0) is 22.6. The molecule has 1 saturated carbocycles. The molecule has 0 radical (unpaired) electrons. The maximum atomic E-state index is 12.2. The Labute approximate surface area is 190 Å². The molecule has 1 aromatic carbocycles. The molecule has 2 heterocycles. The second-order valence-corrected chi connectivity index (χ2v) is 10.5. The Kier molecular flexibility index (Phi) is 5.40. The van der Waals surface area contributed by atoms with Gasteiger partial charge in [0.2, 0.25) is 0 Å². The Morgan fingerprint density at radius 3 is 2.32 bits per heavy atom. The third-order valence-electron chi connectivity index (χ3n) is 6.04. The highest BCUT2D eigenvalue weighted by atomic mass is 79.9. The Balaban J connectivity index is 1.42. The van der Waals surface area contributed by atoms with E-state index in [9.17, 15) is 9.59 Å². The van der Waals surface area contributed by atoms with Crippen molar-refractivity contribution in [3.63, 3.8) is 0 Å². The van der Waals surface area contributed by atoms with Gasteiger partial charge in [-0.05, 0) is 68.6 Å². The molecule has 1 aromatic heterocycles. The number of carbonyl (C=O) groups excluding carboxylic acids is 2. The Morgan fingerprint density at radius 2 is 1.77 bits per heavy atom. The fourth-order valence-corrected chi connectivity index (χ4v) is 5.00. The Hall–Kier alpha value is -2.35. The van der Waals surface area contributed by atoms with Gasteiger partial charge >= 0.3 is 12.1 Å². The topological polar surface area (TPSA) is 73.7 Å². The van der Waals surface area contributed by atoms with E-state index in [0.717, 1.165) is 47.4 Å². The average molecular weight is 490 g/mol. The molecule has 4 rings (SSSR count). The summed E-state index contributed by atoms with van der Waals surface area (Å²) in [7, 11) is 1.37. The number of benzene rings is 1. The van der Waals surface area contributed by atoms with Gasteiger partial charge in [-0.1, -0.05) is 12.1 Å². The Morgan fingerprint density at radius 1 is 1.16 bits per heavy atom. The van der Waals surface area contributed by atoms with Crippen LogP contribution in [0, 0.1) is 12.3 Å². The van der Waals surface area contributed by atoms with Crippen LogP contribution in [0.5, 0.6) is 0 Å². The summed E-state index contributed by atoms with van der Waals surface area (Å²) in [5.41, 5.74) is 3.11. The minimum Gasteiger partial charge on any atom is -0.465 e. The summed E-state index contributed by atoms with van der Waals surface area (Å²) in [6, 6.07) is 7.59. The maximum absolute atomic E-state index is 12.2. The van der Waals surface area contributed by atoms with Crippen LogP contribution < -0.4 is 0 Å². The van der Waals surface area contributed by atoms with Crippen molar-refractivity contribution in [2.45, 2.75) is 52.2 Å². The van der Waals surface area contributed by atoms with Crippen molar-refractivity contribution in [2.75, 3.05) is 20.2 Å². The molecular weight excluding hydrogens is 462 g/mol. The minimum atomic E-state index is -0.466. The number of halogens is 1. The Bertz CT molecular complexity index is 1010. The van der Waals surface area contributed by atoms with E-state index in [2.05, 4.69) is 27.5 Å². The van der Waals surface area contributed by atoms with Crippen molar-refractivity contribution >= 4 is 28.0 Å². The SMILES string of the molecule is COC(=O)c1ccc(-c2nn(C3CC4(C3)CN(C(=O)OC(C)(C)C)C4)c(C)c2Br)cc1. The van der Waals surface area contributed by atoms with Crippen LogP contribution in [0.4, 0.5) is 4.79 Å². The quantitative estimate of drug-likeness (QED) is 0.568. The average Bonchev–Trinajstić information content (AvgIpc) is 2.93. The van der Waals surface area contributed by atoms with Gasteiger partial charge in [-0.2, -0.15) is 5.10 Å². The van der Waals surface area contributed by atoms with E-state index in [0.29, 0.717) is 11.6 Å². The zero-order valence-corrected chi connectivity index (χ0v) is 20.2. The molecule has 1 aliphatic carbocycles. The van der Waals surface area contributed by atoms with Crippen molar-refractivity contribution in [1.29, 1.82) is 0 Å². The van der Waals surface area contributed by atoms with E-state index in [4.69, 9.17) is 14.6 Å². The van der Waals surface area contributed by atoms with Crippen LogP contribution in [-0.2, 0) is 9.47 Å². The second-order valence-electron chi connectivity index (χ2n) is 9.66. The lowest BCUT2D eigenvalue weighted by molar-refractivity contribution is -0.0930. The molecule has 1 aliphatic heterocycles. The van der Waals surface area contributed by atoms with Crippen molar-refractivity contribution in [2.24, 2.45) is 5.41 Å². The lowest BCUT2D eigenvalue weighted by Gasteiger charge is -2.58. The number of amides is 1. The molecule has 0 atom stereocenters. The van der Waals surface area contributed by atoms with Gasteiger partial charge in [-0.25, -0.2) is 9.59 Å². The molecule has 31 heavy (non-hydrogen) atoms. The number of rotatable bonds is 3. The van der Waals surface area contributed by atoms with E-state index in [1.54, 1.807) is 17.0 Å². The summed E-state index contributed by atoms with van der Waals surface area (Å²) in [5.74, 6) is -0.354. The minimum absolute atomic E-state index is 0.189. The van der Waals surface area contributed by atoms with E-state index < -0.39 is 5.60 Å². The molecule has 2 aromatic rings. The van der Waals surface area contributed by atoms with Gasteiger partial charge in [0.1, 0.15) is 11.3 Å². The number of methoxy groups -OCH3 is 1. The van der Waals surface area contributed by atoms with Crippen molar-refractivity contribution < 1.29 is 19.1 Å². The number of hydrogen-bond donors (Lipinski definition) is 0. The van der Waals surface area contributed by atoms with Gasteiger partial charge in [0, 0.05) is 24.1 Å². The number of hydrogen-bond acceptors (Lipinski definition) is 5. The lowest BCUT2D eigenvalue weighted by Crippen LogP contribution is -2.64. The summed E-state index contributed by atoms with van der Waals surface area (Å²) in [5, 5.41) is 4.87. The molecule has 0 bridgehead atoms. The van der Waals surface area contributed by atoms with E-state index in [1.807, 2.05) is 32.9 Å². The molecule has 166 valence electrons. The van der Waals surface area contributed by atoms with Crippen LogP contribution in [0.1, 0.15) is 55.7 Å². The number of nitrogens with zero attached hydrogens (tertiary/aromatic N) is 3. The number of likely N-dealkylation sites (tertiary alicyclic amines) is 1. The van der Waals surface area contributed by atoms with Gasteiger partial charge in [-0.3, -0.25) is 4.68 Å². The third kappa shape index (κ3) is 4.10. The molecule has 0 unspecified atom stereocenters. The van der Waals surface area contributed by atoms with Crippen LogP contribution >= 0.6 is 15.9 Å². The van der Waals surface area contributed by atoms with Crippen LogP contribution in [-0.4, -0.2) is 52.5 Å². The largest absolute Gasteiger partial charge is 0.465 e. The van der Waals surface area contributed by atoms with Crippen molar-refractivity contribution in [1.82, 2.24) is 14.7 Å². The predicted octanol–water partition coefficient (Wildman–Crippen LogP) is 4.98. The van der Waals surface area contributed by atoms with Crippen molar-refractivity contribution in [3.05, 3.63) is 40.0 Å². The first-order valence-corrected chi connectivity index (χ1v) is 11.2. The molecule has 1 saturated heterocycles. The van der Waals surface area contributed by atoms with Crippen LogP contribution in [0.2, 0.25) is 0 Å². The van der Waals surface area contributed by atoms with Crippen LogP contribution in [0.15, 0.2) is 28.7 Å². The summed E-state index contributed by atoms with van der Waals surface area (Å²) < 4.78 is 13.3. The third-order valence-corrected chi connectivity index (χ3v) is 6.99. The fraction of sp³-hybridized carbons (Fsp3) is 0.522. The molecule has 0 N–H and O–H groups in total. The molecule has 1 spiro atoms. The fourth-order valence-electron chi connectivity index (χ4n) is 4.51. The summed E-state index contributed by atoms with van der Waals surface area (Å²) in [6.07, 6.45) is 1.78. The highest BCUT2D eigenvalue weighted by Gasteiger charge is 2.55. The van der Waals surface area contributed by atoms with E-state index in [1.165, 1.54) is 7.11 Å². The molecule has 7 nitrogen and oxygen atoms in total. The van der Waals surface area contributed by atoms with Crippen LogP contribution in [0.3, 0.4) is 0 Å². The van der Waals surface area contributed by atoms with Gasteiger partial charge in [0.15, 0.2) is 0 Å². The first-order chi connectivity index (χ1) is 14.5. The normalized spacial score (nSPS) is 17.8. The predicted molar refractivity (Wildman–Crippen MR) is 120 cm³/mol. The van der Waals surface area contributed by atoms with Gasteiger partial charge in [-0.15, -0.1) is 0 Å². The standard InChI is InChI=1S/C23H28BrN3O4/c1-14-18(24)19(15-6-8-16(9-7-15)20(28)30-5)25-27(14)17-10-23(11-17)12-26(13-23)21(29)31-22(2,3)4/h6-9,17H,10-13H2,1-5H3. The van der Waals surface area contributed by atoms with E-state index >= 15 is 0 Å². The highest BCUT2D eigenvalue weighted by Crippen LogP contribution is 2.55. The number of carbonyl (C=O) groups is 2. The summed E-state index contributed by atoms with van der Waals surface area (Å²) in [4.78, 5) is 25.7. The van der Waals surface area contributed by atoms with Gasteiger partial charge in [0.05, 0.1) is 28.9 Å². The first-order valence-electron chi connectivity index (χ1n) is 10.4. The van der Waals surface area contributed by atoms with Crippen molar-refractivity contribution in [3.8, 4) is 11.3 Å². The summed E-state index contributed by atoms with van der Waals surface area (Å²) in [6.45, 7) is 9.22. The number of aromatic nitrogens is 2. The second kappa shape index (κ2) is 7.65. The monoisotopic (exact) mass is 489 g/mol. The molecule has 2 aliphatic rings. The van der Waals surface area contributed by atoms with Crippen LogP contribution in [0.25, 0.3) is 11.3 Å². The zero-order valence-electron chi connectivity index (χ0n) is 18.6. The molecule has 8 heteroatoms. The first kappa shape index (κ1) is 21.9. The van der Waals surface area contributed by atoms with E-state index in [-0.39, 0.29) is 17.5 Å².